The van der Waals surface area contributed by atoms with Crippen molar-refractivity contribution in [2.45, 2.75) is 31.2 Å². The van der Waals surface area contributed by atoms with Gasteiger partial charge in [-0.2, -0.15) is 10.2 Å². The number of ether oxygens (including phenoxy) is 1. The van der Waals surface area contributed by atoms with E-state index in [0.717, 1.165) is 37.8 Å². The number of halogens is 2. The van der Waals surface area contributed by atoms with E-state index < -0.39 is 11.6 Å². The van der Waals surface area contributed by atoms with Crippen LogP contribution in [0.2, 0.25) is 0 Å². The molecule has 0 radical (unpaired) electrons. The van der Waals surface area contributed by atoms with Gasteiger partial charge in [-0.05, 0) is 43.5 Å². The maximum absolute atomic E-state index is 14.5. The zero-order valence-electron chi connectivity index (χ0n) is 17.2. The van der Waals surface area contributed by atoms with Crippen LogP contribution in [-0.2, 0) is 4.74 Å². The first-order valence-corrected chi connectivity index (χ1v) is 10.7. The normalized spacial score (nSPS) is 21.1. The third-order valence-corrected chi connectivity index (χ3v) is 6.28. The Labute approximate surface area is 182 Å². The third kappa shape index (κ3) is 3.22. The monoisotopic (exact) mass is 437 g/mol. The van der Waals surface area contributed by atoms with Gasteiger partial charge in [0.15, 0.2) is 11.5 Å². The lowest BCUT2D eigenvalue weighted by Gasteiger charge is -2.26. The Morgan fingerprint density at radius 2 is 2.06 bits per heavy atom. The van der Waals surface area contributed by atoms with Gasteiger partial charge < -0.3 is 9.64 Å². The Hall–Kier alpha value is -3.40. The maximum Gasteiger partial charge on any atom is 0.186 e. The lowest BCUT2D eigenvalue weighted by molar-refractivity contribution is 0.193. The van der Waals surface area contributed by atoms with Crippen molar-refractivity contribution in [3.8, 4) is 11.4 Å². The second-order valence-electron chi connectivity index (χ2n) is 8.23. The fourth-order valence-corrected chi connectivity index (χ4v) is 4.64. The number of nitrogens with one attached hydrogen (secondary N) is 1. The third-order valence-electron chi connectivity index (χ3n) is 6.28. The van der Waals surface area contributed by atoms with E-state index in [4.69, 9.17) is 9.72 Å². The van der Waals surface area contributed by atoms with Gasteiger partial charge in [-0.3, -0.25) is 5.10 Å². The van der Waals surface area contributed by atoms with Gasteiger partial charge in [0.2, 0.25) is 0 Å². The van der Waals surface area contributed by atoms with E-state index in [-0.39, 0.29) is 12.0 Å². The lowest BCUT2D eigenvalue weighted by Crippen LogP contribution is -2.24. The molecular weight excluding hydrogens is 416 g/mol. The highest BCUT2D eigenvalue weighted by atomic mass is 19.1. The Morgan fingerprint density at radius 1 is 1.12 bits per heavy atom. The average molecular weight is 437 g/mol. The summed E-state index contributed by atoms with van der Waals surface area (Å²) in [6.45, 7) is 2.07. The summed E-state index contributed by atoms with van der Waals surface area (Å²) in [5, 5.41) is 11.8. The fourth-order valence-electron chi connectivity index (χ4n) is 4.64. The second kappa shape index (κ2) is 7.63. The van der Waals surface area contributed by atoms with Crippen molar-refractivity contribution in [3.63, 3.8) is 0 Å². The average Bonchev–Trinajstić information content (AvgIpc) is 3.60. The maximum atomic E-state index is 14.5. The van der Waals surface area contributed by atoms with E-state index in [1.165, 1.54) is 12.1 Å². The SMILES string of the molecule is Fc1ccc(F)c([C@H]2CCCN2c2ccn3ncc(-c4n[nH]c(C5CCOC5)n4)c3n2)c1. The number of nitrogens with zero attached hydrogens (tertiary/aromatic N) is 6. The summed E-state index contributed by atoms with van der Waals surface area (Å²) in [7, 11) is 0. The molecule has 0 bridgehead atoms. The van der Waals surface area contributed by atoms with Crippen LogP contribution in [0.1, 0.15) is 42.6 Å². The first-order chi connectivity index (χ1) is 15.7. The number of aromatic amines is 1. The lowest BCUT2D eigenvalue weighted by atomic mass is 10.0. The molecule has 164 valence electrons. The summed E-state index contributed by atoms with van der Waals surface area (Å²) in [5.41, 5.74) is 1.68. The molecule has 8 nitrogen and oxygen atoms in total. The first kappa shape index (κ1) is 19.3. The molecule has 1 aromatic carbocycles. The van der Waals surface area contributed by atoms with E-state index in [1.807, 2.05) is 17.2 Å². The quantitative estimate of drug-likeness (QED) is 0.525. The molecule has 5 heterocycles. The number of anilines is 1. The number of hydrogen-bond donors (Lipinski definition) is 1. The van der Waals surface area contributed by atoms with Crippen molar-refractivity contribution in [1.29, 1.82) is 0 Å². The van der Waals surface area contributed by atoms with E-state index >= 15 is 0 Å². The second-order valence-corrected chi connectivity index (χ2v) is 8.23. The highest BCUT2D eigenvalue weighted by molar-refractivity contribution is 5.73. The Bertz CT molecular complexity index is 1280. The molecule has 2 atom stereocenters. The predicted octanol–water partition coefficient (Wildman–Crippen LogP) is 3.64. The van der Waals surface area contributed by atoms with Gasteiger partial charge in [0.1, 0.15) is 23.3 Å². The van der Waals surface area contributed by atoms with Gasteiger partial charge in [0.05, 0.1) is 24.4 Å². The van der Waals surface area contributed by atoms with Crippen LogP contribution >= 0.6 is 0 Å². The summed E-state index contributed by atoms with van der Waals surface area (Å²) >= 11 is 0. The van der Waals surface area contributed by atoms with Gasteiger partial charge in [-0.1, -0.05) is 0 Å². The molecule has 0 spiro atoms. The minimum absolute atomic E-state index is 0.216. The van der Waals surface area contributed by atoms with Crippen molar-refractivity contribution >= 4 is 11.5 Å². The van der Waals surface area contributed by atoms with Gasteiger partial charge in [-0.15, -0.1) is 0 Å². The predicted molar refractivity (Wildman–Crippen MR) is 112 cm³/mol. The van der Waals surface area contributed by atoms with Gasteiger partial charge in [-0.25, -0.2) is 23.3 Å². The minimum Gasteiger partial charge on any atom is -0.381 e. The molecular formula is C22H21F2N7O. The summed E-state index contributed by atoms with van der Waals surface area (Å²) < 4.78 is 35.4. The number of benzene rings is 1. The molecule has 32 heavy (non-hydrogen) atoms. The van der Waals surface area contributed by atoms with Gasteiger partial charge in [0.25, 0.3) is 0 Å². The highest BCUT2D eigenvalue weighted by Crippen LogP contribution is 2.37. The van der Waals surface area contributed by atoms with Crippen LogP contribution in [0.5, 0.6) is 0 Å². The molecule has 0 aliphatic carbocycles. The molecule has 3 aromatic heterocycles. The summed E-state index contributed by atoms with van der Waals surface area (Å²) in [5.74, 6) is 1.38. The molecule has 0 saturated carbocycles. The molecule has 2 aliphatic rings. The smallest absolute Gasteiger partial charge is 0.186 e. The standard InChI is InChI=1S/C22H21F2N7O/c23-14-3-4-17(24)15(10-14)18-2-1-7-30(18)19-5-8-31-22(26-19)16(11-25-31)21-27-20(28-29-21)13-6-9-32-12-13/h3-5,8,10-11,13,18H,1-2,6-7,9,12H2,(H,27,28,29)/t13?,18-/m1/s1. The van der Waals surface area contributed by atoms with E-state index in [1.54, 1.807) is 10.7 Å². The molecule has 10 heteroatoms. The topological polar surface area (TPSA) is 84.2 Å². The molecule has 2 fully saturated rings. The van der Waals surface area contributed by atoms with E-state index in [0.29, 0.717) is 41.6 Å². The Kier molecular flexibility index (Phi) is 4.60. The van der Waals surface area contributed by atoms with Crippen LogP contribution in [0.25, 0.3) is 17.0 Å². The van der Waals surface area contributed by atoms with Crippen LogP contribution in [0.4, 0.5) is 14.6 Å². The molecule has 0 amide bonds. The molecule has 1 unspecified atom stereocenters. The number of H-pyrrole nitrogens is 1. The van der Waals surface area contributed by atoms with Crippen LogP contribution in [0.3, 0.4) is 0 Å². The van der Waals surface area contributed by atoms with E-state index in [9.17, 15) is 8.78 Å². The number of hydrogen-bond acceptors (Lipinski definition) is 6. The van der Waals surface area contributed by atoms with Crippen molar-refractivity contribution in [3.05, 3.63) is 59.7 Å². The van der Waals surface area contributed by atoms with Crippen molar-refractivity contribution in [2.24, 2.45) is 0 Å². The van der Waals surface area contributed by atoms with Gasteiger partial charge in [0, 0.05) is 30.8 Å². The molecule has 4 aromatic rings. The number of rotatable bonds is 4. The van der Waals surface area contributed by atoms with Crippen molar-refractivity contribution in [2.75, 3.05) is 24.7 Å². The summed E-state index contributed by atoms with van der Waals surface area (Å²) in [6, 6.07) is 5.18. The van der Waals surface area contributed by atoms with Crippen molar-refractivity contribution in [1.82, 2.24) is 29.8 Å². The van der Waals surface area contributed by atoms with Crippen LogP contribution < -0.4 is 4.90 Å². The number of fused-ring (bicyclic) bond motifs is 1. The molecule has 2 saturated heterocycles. The fraction of sp³-hybridized carbons (Fsp3) is 0.364. The molecule has 2 aliphatic heterocycles. The first-order valence-electron chi connectivity index (χ1n) is 10.7. The highest BCUT2D eigenvalue weighted by Gasteiger charge is 2.30. The van der Waals surface area contributed by atoms with Gasteiger partial charge >= 0.3 is 0 Å². The molecule has 1 N–H and O–H groups in total. The van der Waals surface area contributed by atoms with Crippen LogP contribution in [-0.4, -0.2) is 49.5 Å². The molecule has 6 rings (SSSR count). The minimum atomic E-state index is -0.442. The Morgan fingerprint density at radius 3 is 2.94 bits per heavy atom. The zero-order valence-corrected chi connectivity index (χ0v) is 17.2. The van der Waals surface area contributed by atoms with E-state index in [2.05, 4.69) is 20.3 Å². The zero-order chi connectivity index (χ0) is 21.7. The van der Waals surface area contributed by atoms with Crippen LogP contribution in [0.15, 0.2) is 36.7 Å². The van der Waals surface area contributed by atoms with Crippen LogP contribution in [0, 0.1) is 11.6 Å². The largest absolute Gasteiger partial charge is 0.381 e. The summed E-state index contributed by atoms with van der Waals surface area (Å²) in [4.78, 5) is 11.5. The van der Waals surface area contributed by atoms with Crippen molar-refractivity contribution < 1.29 is 13.5 Å². The number of aromatic nitrogens is 6. The summed E-state index contributed by atoms with van der Waals surface area (Å²) in [6.07, 6.45) is 6.02. The Balaban J connectivity index is 1.36.